The lowest BCUT2D eigenvalue weighted by atomic mass is 9.96. The number of hydrogen-bond acceptors (Lipinski definition) is 3. The van der Waals surface area contributed by atoms with Crippen molar-refractivity contribution in [3.05, 3.63) is 95.8 Å². The van der Waals surface area contributed by atoms with Gasteiger partial charge in [0.1, 0.15) is 5.75 Å². The van der Waals surface area contributed by atoms with E-state index in [0.717, 1.165) is 48.0 Å². The maximum absolute atomic E-state index is 6.46. The number of nitrogens with zero attached hydrogens (tertiary/aromatic N) is 2. The van der Waals surface area contributed by atoms with Crippen molar-refractivity contribution in [3.8, 4) is 5.75 Å². The Balaban J connectivity index is 1.63. The van der Waals surface area contributed by atoms with E-state index in [0.29, 0.717) is 5.02 Å². The predicted molar refractivity (Wildman–Crippen MR) is 127 cm³/mol. The largest absolute Gasteiger partial charge is 0.463 e. The molecule has 146 valence electrons. The lowest BCUT2D eigenvalue weighted by Crippen LogP contribution is -2.33. The highest BCUT2D eigenvalue weighted by molar-refractivity contribution is 9.11. The maximum Gasteiger partial charge on any atom is 0.213 e. The Hall–Kier alpha value is -1.34. The van der Waals surface area contributed by atoms with Crippen LogP contribution in [0.15, 0.2) is 79.2 Å². The molecule has 29 heavy (non-hydrogen) atoms. The molecule has 2 aliphatic rings. The van der Waals surface area contributed by atoms with Gasteiger partial charge in [-0.15, -0.1) is 0 Å². The molecule has 2 atom stereocenters. The van der Waals surface area contributed by atoms with Crippen molar-refractivity contribution < 1.29 is 4.74 Å². The summed E-state index contributed by atoms with van der Waals surface area (Å²) >= 11 is 17.1. The second-order valence-corrected chi connectivity index (χ2v) is 10.1. The summed E-state index contributed by atoms with van der Waals surface area (Å²) in [5, 5.41) is 7.73. The van der Waals surface area contributed by atoms with Crippen LogP contribution in [0, 0.1) is 0 Å². The van der Waals surface area contributed by atoms with Gasteiger partial charge in [-0.3, -0.25) is 0 Å². The van der Waals surface area contributed by atoms with Gasteiger partial charge < -0.3 is 4.74 Å². The molecule has 0 spiro atoms. The van der Waals surface area contributed by atoms with Gasteiger partial charge in [0.05, 0.1) is 16.2 Å². The Bertz CT molecular complexity index is 1130. The average Bonchev–Trinajstić information content (AvgIpc) is 3.14. The second kappa shape index (κ2) is 7.73. The number of halogens is 4. The van der Waals surface area contributed by atoms with E-state index in [9.17, 15) is 0 Å². The molecule has 0 saturated carbocycles. The third kappa shape index (κ3) is 3.65. The van der Waals surface area contributed by atoms with E-state index in [4.69, 9.17) is 21.4 Å². The van der Waals surface area contributed by atoms with E-state index in [1.807, 2.05) is 42.5 Å². The molecule has 0 aliphatic carbocycles. The first kappa shape index (κ1) is 19.6. The van der Waals surface area contributed by atoms with Gasteiger partial charge in [0.15, 0.2) is 0 Å². The van der Waals surface area contributed by atoms with Gasteiger partial charge in [0.2, 0.25) is 6.23 Å². The third-order valence-electron chi connectivity index (χ3n) is 5.12. The Morgan fingerprint density at radius 3 is 2.52 bits per heavy atom. The zero-order valence-electron chi connectivity index (χ0n) is 14.9. The minimum Gasteiger partial charge on any atom is -0.463 e. The first-order chi connectivity index (χ1) is 14.0. The van der Waals surface area contributed by atoms with Gasteiger partial charge in [0, 0.05) is 31.5 Å². The lowest BCUT2D eigenvalue weighted by Gasteiger charge is -2.38. The zero-order chi connectivity index (χ0) is 20.1. The first-order valence-corrected chi connectivity index (χ1v) is 11.8. The molecule has 0 fully saturated rings. The van der Waals surface area contributed by atoms with Crippen LogP contribution in [0.2, 0.25) is 5.02 Å². The molecule has 7 heteroatoms. The Labute approximate surface area is 199 Å². The topological polar surface area (TPSA) is 24.8 Å². The van der Waals surface area contributed by atoms with Crippen molar-refractivity contribution in [3.63, 3.8) is 0 Å². The highest BCUT2D eigenvalue weighted by Gasteiger charge is 2.42. The molecular weight excluding hydrogens is 583 g/mol. The molecule has 0 aromatic heterocycles. The van der Waals surface area contributed by atoms with Gasteiger partial charge in [0.25, 0.3) is 0 Å². The quantitative estimate of drug-likeness (QED) is 0.301. The summed E-state index contributed by atoms with van der Waals surface area (Å²) in [7, 11) is 0. The van der Waals surface area contributed by atoms with Crippen LogP contribution in [0.4, 0.5) is 0 Å². The molecule has 0 unspecified atom stereocenters. The van der Waals surface area contributed by atoms with Crippen LogP contribution in [0.3, 0.4) is 0 Å². The summed E-state index contributed by atoms with van der Waals surface area (Å²) in [6.45, 7) is 0. The summed E-state index contributed by atoms with van der Waals surface area (Å²) in [5.41, 5.74) is 4.24. The van der Waals surface area contributed by atoms with Gasteiger partial charge in [-0.1, -0.05) is 67.7 Å². The number of ether oxygens (including phenoxy) is 1. The van der Waals surface area contributed by atoms with Crippen LogP contribution in [0.25, 0.3) is 0 Å². The van der Waals surface area contributed by atoms with E-state index in [1.54, 1.807) is 0 Å². The van der Waals surface area contributed by atoms with Crippen LogP contribution in [-0.2, 0) is 0 Å². The number of rotatable bonds is 2. The Morgan fingerprint density at radius 2 is 1.76 bits per heavy atom. The summed E-state index contributed by atoms with van der Waals surface area (Å²) < 4.78 is 9.44. The normalized spacial score (nSPS) is 20.0. The van der Waals surface area contributed by atoms with Crippen LogP contribution >= 0.6 is 59.4 Å². The SMILES string of the molecule is Clc1cccc([C@@H]2Oc3c(Br)cc(Br)cc3[C@H]3CC(c4ccc(Br)cc4)=NN32)c1. The van der Waals surface area contributed by atoms with Crippen LogP contribution < -0.4 is 4.74 Å². The van der Waals surface area contributed by atoms with E-state index in [-0.39, 0.29) is 12.3 Å². The smallest absolute Gasteiger partial charge is 0.213 e. The van der Waals surface area contributed by atoms with Crippen molar-refractivity contribution in [1.82, 2.24) is 5.01 Å². The molecule has 3 aromatic carbocycles. The molecule has 0 bridgehead atoms. The second-order valence-electron chi connectivity index (χ2n) is 6.98. The molecule has 3 aromatic rings. The van der Waals surface area contributed by atoms with E-state index < -0.39 is 0 Å². The predicted octanol–water partition coefficient (Wildman–Crippen LogP) is 7.87. The van der Waals surface area contributed by atoms with Gasteiger partial charge in [-0.05, 0) is 57.9 Å². The molecule has 2 aliphatic heterocycles. The maximum atomic E-state index is 6.46. The summed E-state index contributed by atoms with van der Waals surface area (Å²) in [6.07, 6.45) is 0.453. The van der Waals surface area contributed by atoms with Crippen molar-refractivity contribution in [1.29, 1.82) is 0 Å². The molecule has 0 radical (unpaired) electrons. The minimum atomic E-state index is -0.350. The Morgan fingerprint density at radius 1 is 0.966 bits per heavy atom. The van der Waals surface area contributed by atoms with E-state index in [1.165, 1.54) is 0 Å². The number of hydrogen-bond donors (Lipinski definition) is 0. The van der Waals surface area contributed by atoms with Crippen molar-refractivity contribution >= 4 is 65.1 Å². The van der Waals surface area contributed by atoms with Gasteiger partial charge in [-0.2, -0.15) is 5.10 Å². The fraction of sp³-hybridized carbons (Fsp3) is 0.136. The Kier molecular flexibility index (Phi) is 5.23. The van der Waals surface area contributed by atoms with Crippen molar-refractivity contribution in [2.24, 2.45) is 5.10 Å². The minimum absolute atomic E-state index is 0.0789. The fourth-order valence-electron chi connectivity index (χ4n) is 3.81. The standard InChI is InChI=1S/C22H14Br3ClN2O/c23-14-6-4-12(5-7-14)19-11-20-17-9-15(24)10-18(25)21(17)29-22(28(20)27-19)13-2-1-3-16(26)8-13/h1-10,20,22H,11H2/t20-,22+/m1/s1. The van der Waals surface area contributed by atoms with Crippen molar-refractivity contribution in [2.45, 2.75) is 18.7 Å². The van der Waals surface area contributed by atoms with Crippen LogP contribution in [0.5, 0.6) is 5.75 Å². The highest BCUT2D eigenvalue weighted by Crippen LogP contribution is 2.51. The van der Waals surface area contributed by atoms with Gasteiger partial charge >= 0.3 is 0 Å². The summed E-state index contributed by atoms with van der Waals surface area (Å²) in [4.78, 5) is 0. The van der Waals surface area contributed by atoms with Crippen LogP contribution in [-0.4, -0.2) is 10.7 Å². The fourth-order valence-corrected chi connectivity index (χ4v) is 5.63. The molecule has 3 nitrogen and oxygen atoms in total. The lowest BCUT2D eigenvalue weighted by molar-refractivity contribution is -0.0197. The monoisotopic (exact) mass is 594 g/mol. The molecule has 2 heterocycles. The molecule has 0 saturated heterocycles. The first-order valence-electron chi connectivity index (χ1n) is 9.02. The average molecular weight is 598 g/mol. The number of hydrazone groups is 1. The summed E-state index contributed by atoms with van der Waals surface area (Å²) in [6, 6.07) is 20.2. The summed E-state index contributed by atoms with van der Waals surface area (Å²) in [5.74, 6) is 0.853. The van der Waals surface area contributed by atoms with Gasteiger partial charge in [-0.25, -0.2) is 5.01 Å². The van der Waals surface area contributed by atoms with Crippen molar-refractivity contribution in [2.75, 3.05) is 0 Å². The number of fused-ring (bicyclic) bond motifs is 3. The van der Waals surface area contributed by atoms with Crippen LogP contribution in [0.1, 0.15) is 35.4 Å². The molecular formula is C22H14Br3ClN2O. The zero-order valence-corrected chi connectivity index (χ0v) is 20.5. The third-order valence-corrected chi connectivity index (χ3v) is 6.93. The van der Waals surface area contributed by atoms with E-state index in [2.05, 4.69) is 71.0 Å². The molecule has 0 N–H and O–H groups in total. The molecule has 5 rings (SSSR count). The molecule has 0 amide bonds. The van der Waals surface area contributed by atoms with E-state index >= 15 is 0 Å². The highest BCUT2D eigenvalue weighted by atomic mass is 79.9. The number of benzene rings is 3.